The summed E-state index contributed by atoms with van der Waals surface area (Å²) in [6.45, 7) is 5.27. The molecule has 0 radical (unpaired) electrons. The average molecular weight is 247 g/mol. The van der Waals surface area contributed by atoms with Gasteiger partial charge in [0, 0.05) is 5.71 Å². The van der Waals surface area contributed by atoms with Gasteiger partial charge in [-0.2, -0.15) is 5.10 Å². The van der Waals surface area contributed by atoms with E-state index in [9.17, 15) is 9.59 Å². The Morgan fingerprint density at radius 2 is 1.72 bits per heavy atom. The maximum absolute atomic E-state index is 11.5. The second-order valence-electron chi connectivity index (χ2n) is 4.11. The van der Waals surface area contributed by atoms with E-state index in [4.69, 9.17) is 0 Å². The number of hydrogen-bond acceptors (Lipinski definition) is 3. The van der Waals surface area contributed by atoms with E-state index < -0.39 is 11.8 Å². The number of carbonyl (C=O) groups excluding carboxylic acids is 2. The van der Waals surface area contributed by atoms with Gasteiger partial charge in [0.15, 0.2) is 0 Å². The fraction of sp³-hybridized carbons (Fsp3) is 0.308. The molecule has 1 rings (SSSR count). The zero-order chi connectivity index (χ0) is 13.5. The molecule has 1 aromatic carbocycles. The Hall–Kier alpha value is -2.17. The van der Waals surface area contributed by atoms with Gasteiger partial charge < -0.3 is 5.32 Å². The Morgan fingerprint density at radius 1 is 1.11 bits per heavy atom. The van der Waals surface area contributed by atoms with Crippen LogP contribution in [-0.4, -0.2) is 17.5 Å². The summed E-state index contributed by atoms with van der Waals surface area (Å²) < 4.78 is 0. The molecule has 0 aliphatic rings. The number of rotatable bonds is 3. The average Bonchev–Trinajstić information content (AvgIpc) is 2.36. The van der Waals surface area contributed by atoms with Crippen molar-refractivity contribution >= 4 is 17.5 Å². The summed E-state index contributed by atoms with van der Waals surface area (Å²) in [6, 6.07) is 9.19. The molecule has 1 aromatic rings. The van der Waals surface area contributed by atoms with Gasteiger partial charge in [0.05, 0.1) is 6.04 Å². The topological polar surface area (TPSA) is 70.6 Å². The van der Waals surface area contributed by atoms with Gasteiger partial charge in [-0.3, -0.25) is 9.59 Å². The van der Waals surface area contributed by atoms with Crippen molar-refractivity contribution in [2.75, 3.05) is 0 Å². The summed E-state index contributed by atoms with van der Waals surface area (Å²) in [5.41, 5.74) is 3.79. The lowest BCUT2D eigenvalue weighted by Gasteiger charge is -2.13. The van der Waals surface area contributed by atoms with E-state index in [1.165, 1.54) is 0 Å². The highest BCUT2D eigenvalue weighted by molar-refractivity contribution is 6.35. The van der Waals surface area contributed by atoms with Crippen molar-refractivity contribution in [2.24, 2.45) is 5.10 Å². The van der Waals surface area contributed by atoms with Crippen molar-refractivity contribution < 1.29 is 9.59 Å². The van der Waals surface area contributed by atoms with E-state index in [1.54, 1.807) is 13.8 Å². The molecule has 0 spiro atoms. The van der Waals surface area contributed by atoms with Gasteiger partial charge in [0.25, 0.3) is 0 Å². The molecule has 96 valence electrons. The summed E-state index contributed by atoms with van der Waals surface area (Å²) in [5, 5.41) is 6.28. The van der Waals surface area contributed by atoms with Crippen molar-refractivity contribution in [1.29, 1.82) is 0 Å². The maximum Gasteiger partial charge on any atom is 0.329 e. The van der Waals surface area contributed by atoms with Crippen molar-refractivity contribution in [1.82, 2.24) is 10.7 Å². The van der Waals surface area contributed by atoms with Crippen LogP contribution in [0.4, 0.5) is 0 Å². The van der Waals surface area contributed by atoms with Crippen LogP contribution in [0.2, 0.25) is 0 Å². The molecule has 0 saturated carbocycles. The Bertz CT molecular complexity index is 451. The fourth-order valence-corrected chi connectivity index (χ4v) is 1.30. The Morgan fingerprint density at radius 3 is 2.28 bits per heavy atom. The third-order valence-corrected chi connectivity index (χ3v) is 2.23. The van der Waals surface area contributed by atoms with Crippen LogP contribution in [0.15, 0.2) is 35.4 Å². The summed E-state index contributed by atoms with van der Waals surface area (Å²) in [4.78, 5) is 22.9. The predicted octanol–water partition coefficient (Wildman–Crippen LogP) is 1.38. The maximum atomic E-state index is 11.5. The number of carbonyl (C=O) groups is 2. The van der Waals surface area contributed by atoms with Crippen molar-refractivity contribution in [3.8, 4) is 0 Å². The molecule has 5 nitrogen and oxygen atoms in total. The van der Waals surface area contributed by atoms with Crippen molar-refractivity contribution in [2.45, 2.75) is 26.8 Å². The van der Waals surface area contributed by atoms with E-state index in [0.717, 1.165) is 5.56 Å². The van der Waals surface area contributed by atoms with Crippen LogP contribution >= 0.6 is 0 Å². The molecule has 2 N–H and O–H groups in total. The van der Waals surface area contributed by atoms with Crippen molar-refractivity contribution in [3.63, 3.8) is 0 Å². The molecule has 0 aromatic heterocycles. The molecule has 0 heterocycles. The SMILES string of the molecule is CC(C)=NNC(=O)C(=O)N[C@@H](C)c1ccccc1. The lowest BCUT2D eigenvalue weighted by Crippen LogP contribution is -2.39. The molecule has 0 bridgehead atoms. The second kappa shape index (κ2) is 6.54. The first-order valence-corrected chi connectivity index (χ1v) is 5.67. The first-order chi connectivity index (χ1) is 8.50. The summed E-state index contributed by atoms with van der Waals surface area (Å²) in [5.74, 6) is -1.46. The van der Waals surface area contributed by atoms with Crippen LogP contribution in [0.1, 0.15) is 32.4 Å². The van der Waals surface area contributed by atoms with Gasteiger partial charge in [0.2, 0.25) is 0 Å². The lowest BCUT2D eigenvalue weighted by molar-refractivity contribution is -0.139. The molecular formula is C13H17N3O2. The number of benzene rings is 1. The molecule has 0 fully saturated rings. The molecular weight excluding hydrogens is 230 g/mol. The van der Waals surface area contributed by atoms with Crippen LogP contribution in [-0.2, 0) is 9.59 Å². The first-order valence-electron chi connectivity index (χ1n) is 5.67. The number of hydrogen-bond donors (Lipinski definition) is 2. The Kier molecular flexibility index (Phi) is 5.05. The van der Waals surface area contributed by atoms with Gasteiger partial charge in [-0.25, -0.2) is 5.43 Å². The van der Waals surface area contributed by atoms with Gasteiger partial charge in [-0.05, 0) is 26.3 Å². The van der Waals surface area contributed by atoms with E-state index in [1.807, 2.05) is 37.3 Å². The monoisotopic (exact) mass is 247 g/mol. The van der Waals surface area contributed by atoms with Gasteiger partial charge in [0.1, 0.15) is 0 Å². The van der Waals surface area contributed by atoms with E-state index >= 15 is 0 Å². The minimum absolute atomic E-state index is 0.226. The number of nitrogens with one attached hydrogen (secondary N) is 2. The molecule has 5 heteroatoms. The molecule has 0 aliphatic carbocycles. The van der Waals surface area contributed by atoms with E-state index in [-0.39, 0.29) is 6.04 Å². The van der Waals surface area contributed by atoms with Crippen LogP contribution in [0.5, 0.6) is 0 Å². The van der Waals surface area contributed by atoms with Crippen molar-refractivity contribution in [3.05, 3.63) is 35.9 Å². The normalized spacial score (nSPS) is 11.3. The highest BCUT2D eigenvalue weighted by Gasteiger charge is 2.16. The second-order valence-corrected chi connectivity index (χ2v) is 4.11. The van der Waals surface area contributed by atoms with E-state index in [2.05, 4.69) is 15.8 Å². The highest BCUT2D eigenvalue weighted by atomic mass is 16.2. The molecule has 0 aliphatic heterocycles. The third-order valence-electron chi connectivity index (χ3n) is 2.23. The van der Waals surface area contributed by atoms with Gasteiger partial charge in [-0.15, -0.1) is 0 Å². The quantitative estimate of drug-likeness (QED) is 0.481. The van der Waals surface area contributed by atoms with Crippen LogP contribution in [0.3, 0.4) is 0 Å². The largest absolute Gasteiger partial charge is 0.341 e. The van der Waals surface area contributed by atoms with Crippen LogP contribution < -0.4 is 10.7 Å². The lowest BCUT2D eigenvalue weighted by atomic mass is 10.1. The third kappa shape index (κ3) is 4.37. The minimum Gasteiger partial charge on any atom is -0.341 e. The summed E-state index contributed by atoms with van der Waals surface area (Å²) in [7, 11) is 0. The van der Waals surface area contributed by atoms with E-state index in [0.29, 0.717) is 5.71 Å². The number of nitrogens with zero attached hydrogens (tertiary/aromatic N) is 1. The smallest absolute Gasteiger partial charge is 0.329 e. The van der Waals surface area contributed by atoms with Gasteiger partial charge >= 0.3 is 11.8 Å². The molecule has 0 saturated heterocycles. The summed E-state index contributed by atoms with van der Waals surface area (Å²) >= 11 is 0. The molecule has 1 atom stereocenters. The van der Waals surface area contributed by atoms with Crippen LogP contribution in [0, 0.1) is 0 Å². The zero-order valence-electron chi connectivity index (χ0n) is 10.7. The van der Waals surface area contributed by atoms with Crippen LogP contribution in [0.25, 0.3) is 0 Å². The predicted molar refractivity (Wildman–Crippen MR) is 69.9 cm³/mol. The molecule has 18 heavy (non-hydrogen) atoms. The van der Waals surface area contributed by atoms with Gasteiger partial charge in [-0.1, -0.05) is 30.3 Å². The first kappa shape index (κ1) is 13.9. The summed E-state index contributed by atoms with van der Waals surface area (Å²) in [6.07, 6.45) is 0. The standard InChI is InChI=1S/C13H17N3O2/c1-9(2)15-16-13(18)12(17)14-10(3)11-7-5-4-6-8-11/h4-8,10H,1-3H3,(H,14,17)(H,16,18)/t10-/m0/s1. The number of amides is 2. The Labute approximate surface area is 106 Å². The molecule has 2 amide bonds. The minimum atomic E-state index is -0.765. The molecule has 0 unspecified atom stereocenters. The Balaban J connectivity index is 2.55. The zero-order valence-corrected chi connectivity index (χ0v) is 10.7. The highest BCUT2D eigenvalue weighted by Crippen LogP contribution is 2.10. The fourth-order valence-electron chi connectivity index (χ4n) is 1.30. The number of hydrazone groups is 1.